The largest absolute Gasteiger partial charge is 0.493 e. The van der Waals surface area contributed by atoms with E-state index in [1.807, 2.05) is 0 Å². The monoisotopic (exact) mass is 290 g/mol. The van der Waals surface area contributed by atoms with Crippen molar-refractivity contribution in [3.63, 3.8) is 0 Å². The number of benzene rings is 1. The van der Waals surface area contributed by atoms with Crippen molar-refractivity contribution >= 4 is 15.9 Å². The van der Waals surface area contributed by atoms with Gasteiger partial charge >= 0.3 is 0 Å². The van der Waals surface area contributed by atoms with Crippen molar-refractivity contribution < 1.29 is 18.9 Å². The smallest absolute Gasteiger partial charge is 0.168 e. The summed E-state index contributed by atoms with van der Waals surface area (Å²) in [6.07, 6.45) is 0. The Hall–Kier alpha value is -1.10. The molecule has 0 aromatic heterocycles. The Balaban J connectivity index is 3.47. The van der Waals surface area contributed by atoms with Crippen LogP contribution in [0.3, 0.4) is 0 Å². The Bertz CT molecular complexity index is 335. The summed E-state index contributed by atoms with van der Waals surface area (Å²) in [6.45, 7) is 0. The number of ether oxygens (including phenoxy) is 4. The van der Waals surface area contributed by atoms with Crippen molar-refractivity contribution in [3.05, 3.63) is 11.6 Å². The number of hydrogen-bond donors (Lipinski definition) is 0. The summed E-state index contributed by atoms with van der Waals surface area (Å²) >= 11 is 3.40. The second-order valence-electron chi connectivity index (χ2n) is 2.96. The molecule has 0 N–H and O–H groups in total. The minimum absolute atomic E-state index is 0.590. The van der Waals surface area contributed by atoms with Crippen LogP contribution < -0.4 is 18.9 Å². The quantitative estimate of drug-likeness (QED) is 0.781. The van der Waals surface area contributed by atoms with Crippen molar-refractivity contribution in [1.29, 1.82) is 0 Å². The lowest BCUT2D eigenvalue weighted by Gasteiger charge is -2.17. The highest BCUT2D eigenvalue weighted by Crippen LogP contribution is 2.45. The van der Waals surface area contributed by atoms with Crippen LogP contribution in [-0.4, -0.2) is 28.4 Å². The first-order chi connectivity index (χ1) is 7.73. The van der Waals surface area contributed by atoms with E-state index in [2.05, 4.69) is 15.9 Å². The van der Waals surface area contributed by atoms with Gasteiger partial charge in [0.05, 0.1) is 34.0 Å². The molecule has 16 heavy (non-hydrogen) atoms. The number of rotatable bonds is 5. The fourth-order valence-corrected chi connectivity index (χ4v) is 2.03. The van der Waals surface area contributed by atoms with Gasteiger partial charge in [-0.05, 0) is 0 Å². The zero-order valence-electron chi connectivity index (χ0n) is 9.80. The summed E-state index contributed by atoms with van der Waals surface area (Å²) in [5, 5.41) is 0.590. The molecule has 0 radical (unpaired) electrons. The summed E-state index contributed by atoms with van der Waals surface area (Å²) in [4.78, 5) is 0. The van der Waals surface area contributed by atoms with E-state index in [0.717, 1.165) is 5.56 Å². The predicted molar refractivity (Wildman–Crippen MR) is 65.3 cm³/mol. The molecule has 0 saturated carbocycles. The average molecular weight is 291 g/mol. The molecule has 0 heterocycles. The van der Waals surface area contributed by atoms with Crippen molar-refractivity contribution in [1.82, 2.24) is 0 Å². The molecule has 0 spiro atoms. The van der Waals surface area contributed by atoms with Crippen molar-refractivity contribution in [2.45, 2.75) is 5.33 Å². The molecule has 0 aliphatic heterocycles. The third kappa shape index (κ3) is 2.19. The Morgan fingerprint density at radius 2 is 1.31 bits per heavy atom. The van der Waals surface area contributed by atoms with Gasteiger partial charge in [-0.25, -0.2) is 0 Å². The van der Waals surface area contributed by atoms with E-state index in [0.29, 0.717) is 28.3 Å². The van der Waals surface area contributed by atoms with Gasteiger partial charge in [0.1, 0.15) is 0 Å². The first kappa shape index (κ1) is 13.0. The van der Waals surface area contributed by atoms with E-state index in [1.54, 1.807) is 34.5 Å². The van der Waals surface area contributed by atoms with Gasteiger partial charge in [0, 0.05) is 11.4 Å². The van der Waals surface area contributed by atoms with Crippen LogP contribution >= 0.6 is 15.9 Å². The number of methoxy groups -OCH3 is 4. The minimum atomic E-state index is 0.590. The van der Waals surface area contributed by atoms with Crippen LogP contribution in [0.2, 0.25) is 0 Å². The fourth-order valence-electron chi connectivity index (χ4n) is 1.52. The molecule has 1 aromatic rings. The highest BCUT2D eigenvalue weighted by atomic mass is 79.9. The summed E-state index contributed by atoms with van der Waals surface area (Å²) in [5.74, 6) is 2.54. The van der Waals surface area contributed by atoms with Gasteiger partial charge in [0.2, 0.25) is 0 Å². The summed E-state index contributed by atoms with van der Waals surface area (Å²) in [7, 11) is 6.36. The van der Waals surface area contributed by atoms with E-state index in [1.165, 1.54) is 0 Å². The minimum Gasteiger partial charge on any atom is -0.493 e. The zero-order chi connectivity index (χ0) is 12.1. The molecule has 0 atom stereocenters. The Kier molecular flexibility index (Phi) is 4.73. The lowest BCUT2D eigenvalue weighted by molar-refractivity contribution is 0.325. The van der Waals surface area contributed by atoms with Crippen LogP contribution in [0.5, 0.6) is 23.0 Å². The molecule has 0 bridgehead atoms. The van der Waals surface area contributed by atoms with Crippen molar-refractivity contribution in [2.24, 2.45) is 0 Å². The maximum Gasteiger partial charge on any atom is 0.168 e. The summed E-state index contributed by atoms with van der Waals surface area (Å²) in [6, 6.07) is 1.74. The van der Waals surface area contributed by atoms with Gasteiger partial charge in [0.15, 0.2) is 23.0 Å². The Morgan fingerprint density at radius 1 is 0.875 bits per heavy atom. The molecule has 0 fully saturated rings. The van der Waals surface area contributed by atoms with Crippen LogP contribution in [0, 0.1) is 0 Å². The molecular formula is C11H15BrO4. The van der Waals surface area contributed by atoms with Crippen LogP contribution in [0.25, 0.3) is 0 Å². The molecule has 5 heteroatoms. The summed E-state index contributed by atoms with van der Waals surface area (Å²) < 4.78 is 21.1. The SMILES string of the molecule is COc1cc(OC)c(OC)c(CBr)c1OC. The third-order valence-corrected chi connectivity index (χ3v) is 2.80. The molecule has 0 aliphatic rings. The van der Waals surface area contributed by atoms with Gasteiger partial charge in [-0.3, -0.25) is 0 Å². The van der Waals surface area contributed by atoms with Gasteiger partial charge in [0.25, 0.3) is 0 Å². The molecular weight excluding hydrogens is 276 g/mol. The molecule has 0 aliphatic carbocycles. The van der Waals surface area contributed by atoms with Crippen LogP contribution in [0.4, 0.5) is 0 Å². The molecule has 0 saturated heterocycles. The van der Waals surface area contributed by atoms with E-state index in [-0.39, 0.29) is 0 Å². The standard InChI is InChI=1S/C11H15BrO4/c1-13-8-5-9(14-2)11(16-4)7(6-12)10(8)15-3/h5H,6H2,1-4H3. The second kappa shape index (κ2) is 5.84. The van der Waals surface area contributed by atoms with E-state index >= 15 is 0 Å². The average Bonchev–Trinajstić information content (AvgIpc) is 2.35. The van der Waals surface area contributed by atoms with E-state index in [4.69, 9.17) is 18.9 Å². The molecule has 0 amide bonds. The zero-order valence-corrected chi connectivity index (χ0v) is 11.4. The van der Waals surface area contributed by atoms with Crippen LogP contribution in [0.15, 0.2) is 6.07 Å². The lowest BCUT2D eigenvalue weighted by atomic mass is 10.1. The fraction of sp³-hybridized carbons (Fsp3) is 0.455. The maximum absolute atomic E-state index is 5.31. The van der Waals surface area contributed by atoms with E-state index in [9.17, 15) is 0 Å². The first-order valence-electron chi connectivity index (χ1n) is 4.65. The van der Waals surface area contributed by atoms with Crippen molar-refractivity contribution in [2.75, 3.05) is 28.4 Å². The number of halogens is 1. The van der Waals surface area contributed by atoms with Gasteiger partial charge in [-0.15, -0.1) is 0 Å². The Morgan fingerprint density at radius 3 is 1.56 bits per heavy atom. The normalized spacial score (nSPS) is 9.81. The van der Waals surface area contributed by atoms with Gasteiger partial charge < -0.3 is 18.9 Å². The predicted octanol–water partition coefficient (Wildman–Crippen LogP) is 2.62. The molecule has 1 rings (SSSR count). The van der Waals surface area contributed by atoms with E-state index < -0.39 is 0 Å². The highest BCUT2D eigenvalue weighted by molar-refractivity contribution is 9.08. The molecule has 0 unspecified atom stereocenters. The topological polar surface area (TPSA) is 36.9 Å². The molecule has 90 valence electrons. The summed E-state index contributed by atoms with van der Waals surface area (Å²) in [5.41, 5.74) is 0.862. The van der Waals surface area contributed by atoms with Crippen LogP contribution in [-0.2, 0) is 5.33 Å². The first-order valence-corrected chi connectivity index (χ1v) is 5.77. The van der Waals surface area contributed by atoms with Crippen LogP contribution in [0.1, 0.15) is 5.56 Å². The maximum atomic E-state index is 5.31. The second-order valence-corrected chi connectivity index (χ2v) is 3.52. The number of hydrogen-bond acceptors (Lipinski definition) is 4. The molecule has 1 aromatic carbocycles. The highest BCUT2D eigenvalue weighted by Gasteiger charge is 2.19. The third-order valence-electron chi connectivity index (χ3n) is 2.24. The van der Waals surface area contributed by atoms with Crippen molar-refractivity contribution in [3.8, 4) is 23.0 Å². The molecule has 4 nitrogen and oxygen atoms in total. The van der Waals surface area contributed by atoms with Gasteiger partial charge in [-0.2, -0.15) is 0 Å². The number of alkyl halides is 1. The lowest BCUT2D eigenvalue weighted by Crippen LogP contribution is -2.00. The van der Waals surface area contributed by atoms with Gasteiger partial charge in [-0.1, -0.05) is 15.9 Å². The Labute approximate surface area is 104 Å².